The molecule has 10 aromatic rings. The second kappa shape index (κ2) is 42.4. The summed E-state index contributed by atoms with van der Waals surface area (Å²) in [6.07, 6.45) is 0. The maximum absolute atomic E-state index is 5.44. The molecule has 0 amide bonds. The van der Waals surface area contributed by atoms with Crippen LogP contribution in [0.4, 0.5) is 12.0 Å². The van der Waals surface area contributed by atoms with Gasteiger partial charge in [-0.3, -0.25) is 0 Å². The molecule has 0 atom stereocenters. The third-order valence-corrected chi connectivity index (χ3v) is 8.59. The Hall–Kier alpha value is -7.46. The van der Waals surface area contributed by atoms with E-state index in [1.54, 1.807) is 0 Å². The number of para-hydroxylation sites is 4. The van der Waals surface area contributed by atoms with Crippen molar-refractivity contribution in [3.8, 4) is 0 Å². The number of benzene rings is 6. The summed E-state index contributed by atoms with van der Waals surface area (Å²) in [5.74, 6) is 3.34. The molecule has 10 rings (SSSR count). The SMILES string of the molecule is CC.CC.CC.CC.CC.CN(C)c1nc2ccccc2o1.CN(C)c1nc2ccccc2o1.Cc1nc(C)c(C)o1.Cc1nc(C)c(C)o1.c1ccc2ccccc2c1.c1ccccc1.c1ccccc1. The van der Waals surface area contributed by atoms with Gasteiger partial charge in [-0.25, -0.2) is 9.97 Å². The fourth-order valence-electron chi connectivity index (χ4n) is 5.27. The molecule has 0 aliphatic heterocycles. The Morgan fingerprint density at radius 1 is 0.292 bits per heavy atom. The first-order valence-electron chi connectivity index (χ1n) is 25.2. The molecule has 6 aromatic carbocycles. The second-order valence-corrected chi connectivity index (χ2v) is 14.1. The lowest BCUT2D eigenvalue weighted by Gasteiger charge is -2.03. The van der Waals surface area contributed by atoms with Crippen LogP contribution in [0, 0.1) is 41.5 Å². The fraction of sp³-hybridized carbons (Fsp3) is 0.323. The molecule has 72 heavy (non-hydrogen) atoms. The van der Waals surface area contributed by atoms with Crippen molar-refractivity contribution < 1.29 is 17.7 Å². The summed E-state index contributed by atoms with van der Waals surface area (Å²) < 4.78 is 21.1. The normalized spacial score (nSPS) is 8.83. The van der Waals surface area contributed by atoms with Crippen LogP contribution in [0.25, 0.3) is 33.0 Å². The molecular formula is C62H88N6O4. The largest absolute Gasteiger partial charge is 0.446 e. The van der Waals surface area contributed by atoms with Crippen LogP contribution in [-0.4, -0.2) is 48.1 Å². The number of hydrogen-bond acceptors (Lipinski definition) is 10. The van der Waals surface area contributed by atoms with Gasteiger partial charge in [0.25, 0.3) is 12.0 Å². The van der Waals surface area contributed by atoms with Crippen LogP contribution in [0.2, 0.25) is 0 Å². The minimum absolute atomic E-state index is 0.649. The van der Waals surface area contributed by atoms with Gasteiger partial charge in [0, 0.05) is 42.0 Å². The van der Waals surface area contributed by atoms with Gasteiger partial charge in [0.1, 0.15) is 22.6 Å². The Balaban J connectivity index is 0. The van der Waals surface area contributed by atoms with Gasteiger partial charge < -0.3 is 27.5 Å². The third-order valence-electron chi connectivity index (χ3n) is 8.59. The number of nitrogens with zero attached hydrogens (tertiary/aromatic N) is 6. The van der Waals surface area contributed by atoms with Crippen molar-refractivity contribution in [2.24, 2.45) is 0 Å². The summed E-state index contributed by atoms with van der Waals surface area (Å²) in [7, 11) is 7.63. The van der Waals surface area contributed by atoms with E-state index in [1.165, 1.54) is 10.8 Å². The molecule has 0 radical (unpaired) electrons. The molecule has 10 nitrogen and oxygen atoms in total. The van der Waals surface area contributed by atoms with Crippen LogP contribution in [0.15, 0.2) is 188 Å². The molecule has 0 spiro atoms. The number of aryl methyl sites for hydroxylation is 6. The average Bonchev–Trinajstić information content (AvgIpc) is 4.23. The fourth-order valence-corrected chi connectivity index (χ4v) is 5.27. The van der Waals surface area contributed by atoms with Crippen LogP contribution in [0.3, 0.4) is 0 Å². The van der Waals surface area contributed by atoms with Crippen molar-refractivity contribution in [1.82, 2.24) is 19.9 Å². The van der Waals surface area contributed by atoms with Crippen molar-refractivity contribution >= 4 is 45.0 Å². The highest BCUT2D eigenvalue weighted by Gasteiger charge is 2.06. The van der Waals surface area contributed by atoms with Crippen molar-refractivity contribution in [2.45, 2.75) is 111 Å². The zero-order chi connectivity index (χ0) is 54.7. The highest BCUT2D eigenvalue weighted by Crippen LogP contribution is 2.20. The van der Waals surface area contributed by atoms with Gasteiger partial charge in [-0.2, -0.15) is 9.97 Å². The third kappa shape index (κ3) is 27.7. The Bertz CT molecular complexity index is 2360. The predicted octanol–water partition coefficient (Wildman–Crippen LogP) is 18.3. The number of fused-ring (bicyclic) bond motifs is 3. The van der Waals surface area contributed by atoms with Crippen molar-refractivity contribution in [1.29, 1.82) is 0 Å². The Labute approximate surface area is 434 Å². The summed E-state index contributed by atoms with van der Waals surface area (Å²) in [6.45, 7) is 31.4. The molecular weight excluding hydrogens is 893 g/mol. The van der Waals surface area contributed by atoms with Crippen molar-refractivity contribution in [2.75, 3.05) is 38.0 Å². The zero-order valence-corrected chi connectivity index (χ0v) is 47.5. The lowest BCUT2D eigenvalue weighted by molar-refractivity contribution is 0.493. The van der Waals surface area contributed by atoms with E-state index in [4.69, 9.17) is 17.7 Å². The van der Waals surface area contributed by atoms with E-state index < -0.39 is 0 Å². The van der Waals surface area contributed by atoms with Gasteiger partial charge in [0.2, 0.25) is 0 Å². The number of rotatable bonds is 2. The monoisotopic (exact) mass is 981 g/mol. The van der Waals surface area contributed by atoms with E-state index in [2.05, 4.69) is 68.5 Å². The van der Waals surface area contributed by atoms with Crippen LogP contribution in [-0.2, 0) is 0 Å². The molecule has 0 unspecified atom stereocenters. The first-order valence-corrected chi connectivity index (χ1v) is 25.2. The maximum Gasteiger partial charge on any atom is 0.297 e. The van der Waals surface area contributed by atoms with Gasteiger partial charge in [0.05, 0.1) is 11.4 Å². The minimum atomic E-state index is 0.649. The zero-order valence-electron chi connectivity index (χ0n) is 47.5. The summed E-state index contributed by atoms with van der Waals surface area (Å²) in [5, 5.41) is 2.62. The van der Waals surface area contributed by atoms with Crippen LogP contribution in [0.5, 0.6) is 0 Å². The molecule has 0 N–H and O–H groups in total. The minimum Gasteiger partial charge on any atom is -0.446 e. The Morgan fingerprint density at radius 2 is 0.528 bits per heavy atom. The molecule has 0 aliphatic carbocycles. The molecule has 0 saturated carbocycles. The number of hydrogen-bond donors (Lipinski definition) is 0. The first kappa shape index (κ1) is 66.6. The number of aromatic nitrogens is 4. The molecule has 4 aromatic heterocycles. The first-order chi connectivity index (χ1) is 34.9. The van der Waals surface area contributed by atoms with E-state index >= 15 is 0 Å². The summed E-state index contributed by atoms with van der Waals surface area (Å²) in [6, 6.07) is 57.5. The van der Waals surface area contributed by atoms with E-state index in [9.17, 15) is 0 Å². The van der Waals surface area contributed by atoms with Gasteiger partial charge in [-0.15, -0.1) is 0 Å². The van der Waals surface area contributed by atoms with Gasteiger partial charge >= 0.3 is 0 Å². The molecule has 390 valence electrons. The van der Waals surface area contributed by atoms with Gasteiger partial charge in [-0.05, 0) is 62.7 Å². The highest BCUT2D eigenvalue weighted by atomic mass is 16.4. The van der Waals surface area contributed by atoms with Crippen LogP contribution in [0.1, 0.15) is 104 Å². The second-order valence-electron chi connectivity index (χ2n) is 14.1. The summed E-state index contributed by atoms with van der Waals surface area (Å²) >= 11 is 0. The van der Waals surface area contributed by atoms with Crippen LogP contribution >= 0.6 is 0 Å². The van der Waals surface area contributed by atoms with Gasteiger partial charge in [0.15, 0.2) is 22.9 Å². The van der Waals surface area contributed by atoms with Crippen LogP contribution < -0.4 is 9.80 Å². The predicted molar refractivity (Wildman–Crippen MR) is 312 cm³/mol. The van der Waals surface area contributed by atoms with E-state index in [0.29, 0.717) is 12.0 Å². The maximum atomic E-state index is 5.44. The number of anilines is 2. The molecule has 0 bridgehead atoms. The lowest BCUT2D eigenvalue weighted by Crippen LogP contribution is -2.08. The van der Waals surface area contributed by atoms with Crippen molar-refractivity contribution in [3.63, 3.8) is 0 Å². The van der Waals surface area contributed by atoms with E-state index in [1.807, 2.05) is 270 Å². The smallest absolute Gasteiger partial charge is 0.297 e. The molecule has 4 heterocycles. The molecule has 10 heteroatoms. The lowest BCUT2D eigenvalue weighted by atomic mass is 10.1. The van der Waals surface area contributed by atoms with E-state index in [0.717, 1.165) is 56.9 Å². The highest BCUT2D eigenvalue weighted by molar-refractivity contribution is 5.82. The quantitative estimate of drug-likeness (QED) is 0.166. The van der Waals surface area contributed by atoms with Gasteiger partial charge in [-0.1, -0.05) is 215 Å². The average molecular weight is 981 g/mol. The Kier molecular flexibility index (Phi) is 39.3. The molecule has 0 fully saturated rings. The standard InChI is InChI=1S/C10H8.2C9H10N2O.2C6H9NO.2C6H6.5C2H6/c1-2-6-10-8-4-3-7-9(10)5-1;2*1-11(2)9-10-7-5-3-4-6-8(7)12-9;2*1-4-5(2)8-6(3)7-4;2*1-2-4-6-5-3-1;5*1-2/h1-8H;2*3-6H,1-2H3;2*1-3H3;2*1-6H;5*1-2H3. The van der Waals surface area contributed by atoms with E-state index in [-0.39, 0.29) is 0 Å². The summed E-state index contributed by atoms with van der Waals surface area (Å²) in [4.78, 5) is 20.3. The molecule has 0 aliphatic rings. The Morgan fingerprint density at radius 3 is 0.708 bits per heavy atom. The molecule has 0 saturated heterocycles. The van der Waals surface area contributed by atoms with Crippen molar-refractivity contribution in [3.05, 3.63) is 205 Å². The summed E-state index contributed by atoms with van der Waals surface area (Å²) in [5.41, 5.74) is 5.45. The topological polar surface area (TPSA) is 111 Å². The number of oxazole rings is 4.